The first-order valence-electron chi connectivity index (χ1n) is 8.37. The number of aromatic amines is 1. The second-order valence-electron chi connectivity index (χ2n) is 6.13. The van der Waals surface area contributed by atoms with E-state index in [0.717, 1.165) is 16.7 Å². The number of rotatable bonds is 3. The Hall–Kier alpha value is -2.88. The standard InChI is InChI=1S/C16H17ClN4O6/c1-2-27-16(24)19-5-3-9(4-6-19)20-14(22)11-7-10(21(25)26)8-12(17)13(11)18-15(20)23/h7-9H,2-6H2,1H3,(H,18,23). The molecule has 11 heteroatoms. The number of amides is 1. The van der Waals surface area contributed by atoms with Crippen molar-refractivity contribution >= 4 is 34.3 Å². The minimum absolute atomic E-state index is 0.0263. The fraction of sp³-hybridized carbons (Fsp3) is 0.438. The van der Waals surface area contributed by atoms with Crippen LogP contribution < -0.4 is 11.2 Å². The van der Waals surface area contributed by atoms with Gasteiger partial charge >= 0.3 is 11.8 Å². The van der Waals surface area contributed by atoms with Gasteiger partial charge in [0.05, 0.1) is 27.5 Å². The largest absolute Gasteiger partial charge is 0.450 e. The van der Waals surface area contributed by atoms with E-state index < -0.39 is 28.3 Å². The molecule has 0 aliphatic carbocycles. The second-order valence-corrected chi connectivity index (χ2v) is 6.54. The molecule has 1 saturated heterocycles. The molecule has 2 aromatic rings. The summed E-state index contributed by atoms with van der Waals surface area (Å²) in [5.41, 5.74) is -1.55. The lowest BCUT2D eigenvalue weighted by molar-refractivity contribution is -0.384. The zero-order valence-corrected chi connectivity index (χ0v) is 15.2. The van der Waals surface area contributed by atoms with E-state index in [-0.39, 0.29) is 28.2 Å². The minimum Gasteiger partial charge on any atom is -0.450 e. The molecule has 0 spiro atoms. The molecular weight excluding hydrogens is 380 g/mol. The van der Waals surface area contributed by atoms with Gasteiger partial charge in [0.1, 0.15) is 0 Å². The Bertz CT molecular complexity index is 1020. The van der Waals surface area contributed by atoms with E-state index in [1.165, 1.54) is 4.90 Å². The molecule has 0 saturated carbocycles. The Kier molecular flexibility index (Phi) is 5.17. The average molecular weight is 397 g/mol. The fourth-order valence-electron chi connectivity index (χ4n) is 3.24. The molecule has 27 heavy (non-hydrogen) atoms. The fourth-order valence-corrected chi connectivity index (χ4v) is 3.50. The van der Waals surface area contributed by atoms with Crippen molar-refractivity contribution in [3.63, 3.8) is 0 Å². The number of non-ortho nitro benzene ring substituents is 1. The number of hydrogen-bond acceptors (Lipinski definition) is 6. The van der Waals surface area contributed by atoms with Crippen LogP contribution in [0.25, 0.3) is 10.9 Å². The van der Waals surface area contributed by atoms with Gasteiger partial charge in [-0.15, -0.1) is 0 Å². The van der Waals surface area contributed by atoms with Crippen LogP contribution in [0.1, 0.15) is 25.8 Å². The number of H-pyrrole nitrogens is 1. The summed E-state index contributed by atoms with van der Waals surface area (Å²) < 4.78 is 5.99. The summed E-state index contributed by atoms with van der Waals surface area (Å²) in [7, 11) is 0. The number of likely N-dealkylation sites (tertiary alicyclic amines) is 1. The van der Waals surface area contributed by atoms with Crippen LogP contribution in [0, 0.1) is 10.1 Å². The number of benzene rings is 1. The lowest BCUT2D eigenvalue weighted by atomic mass is 10.0. The number of aromatic nitrogens is 2. The molecule has 0 radical (unpaired) electrons. The summed E-state index contributed by atoms with van der Waals surface area (Å²) in [6.45, 7) is 2.65. The number of piperidine rings is 1. The Morgan fingerprint density at radius 3 is 2.63 bits per heavy atom. The Morgan fingerprint density at radius 1 is 1.37 bits per heavy atom. The van der Waals surface area contributed by atoms with Gasteiger partial charge in [-0.2, -0.15) is 0 Å². The van der Waals surface area contributed by atoms with E-state index in [2.05, 4.69) is 4.98 Å². The van der Waals surface area contributed by atoms with Crippen LogP contribution in [-0.2, 0) is 4.74 Å². The molecule has 2 heterocycles. The Balaban J connectivity index is 1.98. The third-order valence-electron chi connectivity index (χ3n) is 4.54. The smallest absolute Gasteiger partial charge is 0.409 e. The van der Waals surface area contributed by atoms with E-state index in [1.54, 1.807) is 6.92 Å². The number of halogens is 1. The molecule has 1 amide bonds. The topological polar surface area (TPSA) is 128 Å². The van der Waals surface area contributed by atoms with Crippen molar-refractivity contribution in [2.75, 3.05) is 19.7 Å². The van der Waals surface area contributed by atoms with Gasteiger partial charge < -0.3 is 14.6 Å². The van der Waals surface area contributed by atoms with Crippen LogP contribution in [0.5, 0.6) is 0 Å². The molecule has 0 bridgehead atoms. The van der Waals surface area contributed by atoms with E-state index in [4.69, 9.17) is 16.3 Å². The second kappa shape index (κ2) is 7.39. The number of carbonyl (C=O) groups is 1. The van der Waals surface area contributed by atoms with Crippen LogP contribution in [0.15, 0.2) is 21.7 Å². The molecule has 10 nitrogen and oxygen atoms in total. The number of fused-ring (bicyclic) bond motifs is 1. The summed E-state index contributed by atoms with van der Waals surface area (Å²) in [5.74, 6) is 0. The molecule has 3 rings (SSSR count). The molecule has 1 fully saturated rings. The maximum Gasteiger partial charge on any atom is 0.409 e. The monoisotopic (exact) mass is 396 g/mol. The first-order chi connectivity index (χ1) is 12.8. The molecule has 1 aliphatic heterocycles. The molecule has 0 unspecified atom stereocenters. The molecule has 1 aromatic carbocycles. The predicted molar refractivity (Wildman–Crippen MR) is 97.4 cm³/mol. The Morgan fingerprint density at radius 2 is 2.04 bits per heavy atom. The minimum atomic E-state index is -0.655. The highest BCUT2D eigenvalue weighted by Gasteiger charge is 2.27. The van der Waals surface area contributed by atoms with Gasteiger partial charge in [0, 0.05) is 31.3 Å². The number of hydrogen-bond donors (Lipinski definition) is 1. The molecule has 1 aromatic heterocycles. The van der Waals surface area contributed by atoms with Crippen molar-refractivity contribution in [3.8, 4) is 0 Å². The Labute approximate surface area is 157 Å². The zero-order chi connectivity index (χ0) is 19.7. The highest BCUT2D eigenvalue weighted by Crippen LogP contribution is 2.26. The first-order valence-corrected chi connectivity index (χ1v) is 8.75. The quantitative estimate of drug-likeness (QED) is 0.624. The van der Waals surface area contributed by atoms with E-state index in [9.17, 15) is 24.5 Å². The van der Waals surface area contributed by atoms with E-state index >= 15 is 0 Å². The number of ether oxygens (including phenoxy) is 1. The summed E-state index contributed by atoms with van der Waals surface area (Å²) >= 11 is 5.99. The van der Waals surface area contributed by atoms with Crippen LogP contribution in [0.2, 0.25) is 5.02 Å². The summed E-state index contributed by atoms with van der Waals surface area (Å²) in [4.78, 5) is 51.5. The van der Waals surface area contributed by atoms with Crippen molar-refractivity contribution in [3.05, 3.63) is 48.1 Å². The number of nitro groups is 1. The van der Waals surface area contributed by atoms with Crippen molar-refractivity contribution in [1.82, 2.24) is 14.5 Å². The van der Waals surface area contributed by atoms with Crippen LogP contribution >= 0.6 is 11.6 Å². The van der Waals surface area contributed by atoms with Crippen molar-refractivity contribution in [2.45, 2.75) is 25.8 Å². The summed E-state index contributed by atoms with van der Waals surface area (Å²) in [6.07, 6.45) is 0.337. The number of nitrogens with one attached hydrogen (secondary N) is 1. The van der Waals surface area contributed by atoms with Crippen LogP contribution in [0.3, 0.4) is 0 Å². The molecule has 1 N–H and O–H groups in total. The maximum atomic E-state index is 12.8. The maximum absolute atomic E-state index is 12.8. The van der Waals surface area contributed by atoms with Crippen LogP contribution in [-0.4, -0.2) is 45.2 Å². The summed E-state index contributed by atoms with van der Waals surface area (Å²) in [6, 6.07) is 1.75. The molecule has 1 aliphatic rings. The van der Waals surface area contributed by atoms with Crippen molar-refractivity contribution < 1.29 is 14.5 Å². The lowest BCUT2D eigenvalue weighted by Gasteiger charge is -2.31. The molecule has 0 atom stereocenters. The van der Waals surface area contributed by atoms with E-state index in [1.807, 2.05) is 0 Å². The number of carbonyl (C=O) groups excluding carboxylic acids is 1. The highest BCUT2D eigenvalue weighted by atomic mass is 35.5. The van der Waals surface area contributed by atoms with Crippen molar-refractivity contribution in [2.24, 2.45) is 0 Å². The van der Waals surface area contributed by atoms with Gasteiger partial charge in [0.15, 0.2) is 0 Å². The SMILES string of the molecule is CCOC(=O)N1CCC(n2c(=O)[nH]c3c(Cl)cc([N+](=O)[O-])cc3c2=O)CC1. The van der Waals surface area contributed by atoms with Crippen molar-refractivity contribution in [1.29, 1.82) is 0 Å². The highest BCUT2D eigenvalue weighted by molar-refractivity contribution is 6.35. The van der Waals surface area contributed by atoms with Gasteiger partial charge in [0.2, 0.25) is 0 Å². The first kappa shape index (κ1) is 18.9. The van der Waals surface area contributed by atoms with E-state index in [0.29, 0.717) is 25.9 Å². The summed E-state index contributed by atoms with van der Waals surface area (Å²) in [5, 5.41) is 10.9. The van der Waals surface area contributed by atoms with Gasteiger partial charge in [-0.1, -0.05) is 11.6 Å². The number of nitrogens with zero attached hydrogens (tertiary/aromatic N) is 3. The number of nitro benzene ring substituents is 1. The zero-order valence-electron chi connectivity index (χ0n) is 14.4. The third-order valence-corrected chi connectivity index (χ3v) is 4.84. The lowest BCUT2D eigenvalue weighted by Crippen LogP contribution is -2.45. The van der Waals surface area contributed by atoms with Gasteiger partial charge in [-0.05, 0) is 19.8 Å². The third kappa shape index (κ3) is 3.52. The predicted octanol–water partition coefficient (Wildman–Crippen LogP) is 2.04. The van der Waals surface area contributed by atoms with Gasteiger partial charge in [0.25, 0.3) is 11.2 Å². The van der Waals surface area contributed by atoms with Gasteiger partial charge in [-0.3, -0.25) is 19.5 Å². The van der Waals surface area contributed by atoms with Gasteiger partial charge in [-0.25, -0.2) is 9.59 Å². The average Bonchev–Trinajstić information content (AvgIpc) is 2.63. The van der Waals surface area contributed by atoms with Crippen LogP contribution in [0.4, 0.5) is 10.5 Å². The molecular formula is C16H17ClN4O6. The molecule has 144 valence electrons. The normalized spacial score (nSPS) is 15.1.